The van der Waals surface area contributed by atoms with Crippen LogP contribution in [0.3, 0.4) is 0 Å². The molecular formula is C18H20FN5O4. The molecule has 2 rings (SSSR count). The molecule has 28 heavy (non-hydrogen) atoms. The van der Waals surface area contributed by atoms with E-state index in [1.165, 1.54) is 29.4 Å². The van der Waals surface area contributed by atoms with Crippen LogP contribution in [0.5, 0.6) is 0 Å². The number of nitrogens with one attached hydrogen (secondary N) is 1. The zero-order valence-electron chi connectivity index (χ0n) is 15.2. The van der Waals surface area contributed by atoms with Gasteiger partial charge in [0, 0.05) is 25.5 Å². The van der Waals surface area contributed by atoms with Crippen LogP contribution in [-0.4, -0.2) is 52.3 Å². The second-order valence-electron chi connectivity index (χ2n) is 5.68. The third kappa shape index (κ3) is 6.01. The Morgan fingerprint density at radius 3 is 2.50 bits per heavy atom. The first-order valence-electron chi connectivity index (χ1n) is 8.43. The molecule has 0 saturated carbocycles. The minimum Gasteiger partial charge on any atom is -0.451 e. The molecule has 3 N–H and O–H groups in total. The Morgan fingerprint density at radius 2 is 1.86 bits per heavy atom. The van der Waals surface area contributed by atoms with Crippen LogP contribution in [0.15, 0.2) is 36.7 Å². The molecule has 0 saturated heterocycles. The third-order valence-corrected chi connectivity index (χ3v) is 3.72. The number of hydrogen-bond acceptors (Lipinski definition) is 7. The number of benzene rings is 1. The molecule has 2 aromatic rings. The summed E-state index contributed by atoms with van der Waals surface area (Å²) < 4.78 is 17.8. The molecule has 0 aliphatic carbocycles. The number of aromatic nitrogens is 2. The van der Waals surface area contributed by atoms with E-state index in [0.29, 0.717) is 0 Å². The Labute approximate surface area is 160 Å². The number of nitrogen functional groups attached to an aromatic ring is 1. The Kier molecular flexibility index (Phi) is 7.37. The Morgan fingerprint density at radius 1 is 1.18 bits per heavy atom. The van der Waals surface area contributed by atoms with Crippen molar-refractivity contribution in [3.05, 3.63) is 53.7 Å². The van der Waals surface area contributed by atoms with Crippen molar-refractivity contribution in [3.8, 4) is 0 Å². The van der Waals surface area contributed by atoms with Crippen molar-refractivity contribution < 1.29 is 23.5 Å². The molecule has 0 bridgehead atoms. The lowest BCUT2D eigenvalue weighted by Gasteiger charge is -2.20. The van der Waals surface area contributed by atoms with Gasteiger partial charge in [0.1, 0.15) is 5.82 Å². The maximum Gasteiger partial charge on any atom is 0.361 e. The van der Waals surface area contributed by atoms with Gasteiger partial charge in [-0.15, -0.1) is 0 Å². The summed E-state index contributed by atoms with van der Waals surface area (Å²) in [5.74, 6) is -2.29. The topological polar surface area (TPSA) is 128 Å². The molecule has 1 aromatic carbocycles. The summed E-state index contributed by atoms with van der Waals surface area (Å²) in [4.78, 5) is 44.8. The second-order valence-corrected chi connectivity index (χ2v) is 5.68. The highest BCUT2D eigenvalue weighted by molar-refractivity contribution is 5.93. The highest BCUT2D eigenvalue weighted by Crippen LogP contribution is 2.05. The van der Waals surface area contributed by atoms with Crippen LogP contribution in [0.2, 0.25) is 0 Å². The van der Waals surface area contributed by atoms with Crippen molar-refractivity contribution in [2.24, 2.45) is 0 Å². The van der Waals surface area contributed by atoms with Gasteiger partial charge in [-0.1, -0.05) is 12.1 Å². The number of ether oxygens (including phenoxy) is 1. The maximum absolute atomic E-state index is 12.9. The highest BCUT2D eigenvalue weighted by Gasteiger charge is 2.19. The Bertz CT molecular complexity index is 844. The van der Waals surface area contributed by atoms with Crippen LogP contribution in [0.25, 0.3) is 0 Å². The fourth-order valence-electron chi connectivity index (χ4n) is 2.20. The number of carbonyl (C=O) groups excluding carboxylic acids is 3. The first kappa shape index (κ1) is 20.7. The van der Waals surface area contributed by atoms with Crippen LogP contribution < -0.4 is 11.1 Å². The van der Waals surface area contributed by atoms with Crippen molar-refractivity contribution in [2.45, 2.75) is 13.5 Å². The predicted molar refractivity (Wildman–Crippen MR) is 97.2 cm³/mol. The standard InChI is InChI=1S/C18H20FN5O4/c1-2-24(10-14(25)23-9-12-3-5-13(19)6-4-12)15(26)11-28-18(27)16-17(20)22-8-7-21-16/h3-8H,2,9-11H2,1H3,(H2,20,22)(H,23,25). The van der Waals surface area contributed by atoms with Gasteiger partial charge >= 0.3 is 5.97 Å². The largest absolute Gasteiger partial charge is 0.451 e. The number of esters is 1. The SMILES string of the molecule is CCN(CC(=O)NCc1ccc(F)cc1)C(=O)COC(=O)c1nccnc1N. The molecule has 0 spiro atoms. The van der Waals surface area contributed by atoms with Crippen molar-refractivity contribution in [1.82, 2.24) is 20.2 Å². The quantitative estimate of drug-likeness (QED) is 0.630. The number of anilines is 1. The van der Waals surface area contributed by atoms with Gasteiger partial charge in [0.05, 0.1) is 6.54 Å². The molecule has 0 aliphatic rings. The van der Waals surface area contributed by atoms with E-state index in [1.807, 2.05) is 0 Å². The fourth-order valence-corrected chi connectivity index (χ4v) is 2.20. The van der Waals surface area contributed by atoms with E-state index in [-0.39, 0.29) is 37.0 Å². The van der Waals surface area contributed by atoms with Crippen LogP contribution in [0, 0.1) is 5.82 Å². The minimum absolute atomic E-state index is 0.104. The van der Waals surface area contributed by atoms with Crippen LogP contribution in [0.1, 0.15) is 23.0 Å². The van der Waals surface area contributed by atoms with E-state index in [4.69, 9.17) is 10.5 Å². The smallest absolute Gasteiger partial charge is 0.361 e. The number of likely N-dealkylation sites (N-methyl/N-ethyl adjacent to an activating group) is 1. The van der Waals surface area contributed by atoms with Gasteiger partial charge < -0.3 is 20.7 Å². The zero-order valence-corrected chi connectivity index (χ0v) is 15.2. The summed E-state index contributed by atoms with van der Waals surface area (Å²) in [6.45, 7) is 1.36. The van der Waals surface area contributed by atoms with Gasteiger partial charge in [0.15, 0.2) is 18.1 Å². The molecule has 0 fully saturated rings. The summed E-state index contributed by atoms with van der Waals surface area (Å²) >= 11 is 0. The van der Waals surface area contributed by atoms with Gasteiger partial charge in [0.2, 0.25) is 5.91 Å². The van der Waals surface area contributed by atoms with Gasteiger partial charge in [-0.05, 0) is 24.6 Å². The third-order valence-electron chi connectivity index (χ3n) is 3.72. The Balaban J connectivity index is 1.81. The molecule has 1 aromatic heterocycles. The fraction of sp³-hybridized carbons (Fsp3) is 0.278. The maximum atomic E-state index is 12.9. The molecular weight excluding hydrogens is 369 g/mol. The van der Waals surface area contributed by atoms with Gasteiger partial charge in [-0.3, -0.25) is 9.59 Å². The molecule has 0 aliphatic heterocycles. The number of halogens is 1. The monoisotopic (exact) mass is 389 g/mol. The average molecular weight is 389 g/mol. The highest BCUT2D eigenvalue weighted by atomic mass is 19.1. The number of hydrogen-bond donors (Lipinski definition) is 2. The number of carbonyl (C=O) groups is 3. The molecule has 10 heteroatoms. The van der Waals surface area contributed by atoms with Crippen molar-refractivity contribution >= 4 is 23.6 Å². The molecule has 148 valence electrons. The van der Waals surface area contributed by atoms with E-state index in [2.05, 4.69) is 15.3 Å². The lowest BCUT2D eigenvalue weighted by molar-refractivity contribution is -0.138. The average Bonchev–Trinajstić information content (AvgIpc) is 2.69. The number of amides is 2. The summed E-state index contributed by atoms with van der Waals surface area (Å²) in [5.41, 5.74) is 6.06. The van der Waals surface area contributed by atoms with Gasteiger partial charge in [-0.25, -0.2) is 19.2 Å². The molecule has 0 radical (unpaired) electrons. The van der Waals surface area contributed by atoms with E-state index >= 15 is 0 Å². The summed E-state index contributed by atoms with van der Waals surface area (Å²) in [7, 11) is 0. The molecule has 0 atom stereocenters. The lowest BCUT2D eigenvalue weighted by Crippen LogP contribution is -2.42. The van der Waals surface area contributed by atoms with Crippen LogP contribution in [0.4, 0.5) is 10.2 Å². The van der Waals surface area contributed by atoms with Crippen molar-refractivity contribution in [2.75, 3.05) is 25.4 Å². The predicted octanol–water partition coefficient (Wildman–Crippen LogP) is 0.520. The van der Waals surface area contributed by atoms with E-state index < -0.39 is 24.4 Å². The second kappa shape index (κ2) is 9.95. The number of nitrogens with zero attached hydrogens (tertiary/aromatic N) is 3. The molecule has 2 amide bonds. The van der Waals surface area contributed by atoms with E-state index in [1.54, 1.807) is 19.1 Å². The lowest BCUT2D eigenvalue weighted by atomic mass is 10.2. The summed E-state index contributed by atoms with van der Waals surface area (Å²) in [6.07, 6.45) is 2.60. The van der Waals surface area contributed by atoms with Crippen molar-refractivity contribution in [3.63, 3.8) is 0 Å². The summed E-state index contributed by atoms with van der Waals surface area (Å²) in [5, 5.41) is 2.64. The minimum atomic E-state index is -0.879. The molecule has 0 unspecified atom stereocenters. The zero-order chi connectivity index (χ0) is 20.5. The first-order valence-corrected chi connectivity index (χ1v) is 8.43. The summed E-state index contributed by atoms with van der Waals surface area (Å²) in [6, 6.07) is 5.69. The molecule has 9 nitrogen and oxygen atoms in total. The number of rotatable bonds is 8. The van der Waals surface area contributed by atoms with Crippen LogP contribution >= 0.6 is 0 Å². The normalized spacial score (nSPS) is 10.2. The van der Waals surface area contributed by atoms with Crippen molar-refractivity contribution in [1.29, 1.82) is 0 Å². The first-order chi connectivity index (χ1) is 13.4. The van der Waals surface area contributed by atoms with Gasteiger partial charge in [-0.2, -0.15) is 0 Å². The van der Waals surface area contributed by atoms with E-state index in [0.717, 1.165) is 5.56 Å². The van der Waals surface area contributed by atoms with Crippen LogP contribution in [-0.2, 0) is 20.9 Å². The van der Waals surface area contributed by atoms with Gasteiger partial charge in [0.25, 0.3) is 5.91 Å². The van der Waals surface area contributed by atoms with E-state index in [9.17, 15) is 18.8 Å². The Hall–Kier alpha value is -3.56. The number of nitrogens with two attached hydrogens (primary N) is 1. The molecule has 1 heterocycles.